The first-order chi connectivity index (χ1) is 14.5. The molecule has 2 fully saturated rings. The Labute approximate surface area is 194 Å². The monoisotopic (exact) mass is 562 g/mol. The molecule has 4 rings (SSSR count). The van der Waals surface area contributed by atoms with Crippen LogP contribution in [0.1, 0.15) is 26.2 Å². The highest BCUT2D eigenvalue weighted by atomic mass is 127. The van der Waals surface area contributed by atoms with Crippen molar-refractivity contribution in [2.24, 2.45) is 10.9 Å². The maximum absolute atomic E-state index is 14.3. The SMILES string of the molecule is CC1C(C(F)(F)F)=C(C#N)N=CC1N1C(=O)C2(CCC2)N(c2ccc(I)c(F)c2)C1=S. The Balaban J connectivity index is 1.77. The summed E-state index contributed by atoms with van der Waals surface area (Å²) in [5.74, 6) is -2.15. The van der Waals surface area contributed by atoms with Crippen molar-refractivity contribution >= 4 is 57.7 Å². The zero-order chi connectivity index (χ0) is 22.7. The summed E-state index contributed by atoms with van der Waals surface area (Å²) < 4.78 is 55.6. The van der Waals surface area contributed by atoms with Crippen molar-refractivity contribution in [3.63, 3.8) is 0 Å². The first-order valence-electron chi connectivity index (χ1n) is 9.41. The predicted molar refractivity (Wildman–Crippen MR) is 118 cm³/mol. The highest BCUT2D eigenvalue weighted by Crippen LogP contribution is 2.49. The van der Waals surface area contributed by atoms with E-state index in [2.05, 4.69) is 4.99 Å². The molecule has 11 heteroatoms. The zero-order valence-corrected chi connectivity index (χ0v) is 19.1. The molecule has 1 spiro atoms. The standard InChI is InChI=1S/C20H15F4IN4OS/c1-10-15(9-27-14(8-26)16(10)20(22,23)24)28-17(30)19(5-2-6-19)29(18(28)31)11-3-4-13(25)12(21)7-11/h3-4,7,9-10,15H,2,5-6H2,1H3. The third kappa shape index (κ3) is 3.26. The van der Waals surface area contributed by atoms with E-state index in [4.69, 9.17) is 17.5 Å². The second-order valence-corrected chi connectivity index (χ2v) is 9.23. The molecule has 5 nitrogen and oxygen atoms in total. The van der Waals surface area contributed by atoms with Gasteiger partial charge in [-0.3, -0.25) is 9.69 Å². The Morgan fingerprint density at radius 1 is 1.35 bits per heavy atom. The van der Waals surface area contributed by atoms with Crippen LogP contribution < -0.4 is 4.90 Å². The average Bonchev–Trinajstić information content (AvgIpc) is 2.90. The number of aliphatic imine (C=N–C) groups is 1. The van der Waals surface area contributed by atoms with Gasteiger partial charge >= 0.3 is 6.18 Å². The number of hydrogen-bond donors (Lipinski definition) is 0. The van der Waals surface area contributed by atoms with Gasteiger partial charge in [0.15, 0.2) is 5.11 Å². The number of hydrogen-bond acceptors (Lipinski definition) is 4. The quantitative estimate of drug-likeness (QED) is 0.298. The van der Waals surface area contributed by atoms with Crippen LogP contribution in [-0.4, -0.2) is 39.9 Å². The van der Waals surface area contributed by atoms with Gasteiger partial charge < -0.3 is 4.90 Å². The van der Waals surface area contributed by atoms with E-state index in [0.717, 1.165) is 11.3 Å². The van der Waals surface area contributed by atoms with Gasteiger partial charge in [0.2, 0.25) is 0 Å². The molecule has 1 amide bonds. The maximum atomic E-state index is 14.3. The van der Waals surface area contributed by atoms with Crippen LogP contribution in [0, 0.1) is 26.6 Å². The van der Waals surface area contributed by atoms with Crippen molar-refractivity contribution in [3.05, 3.63) is 38.9 Å². The fourth-order valence-corrected chi connectivity index (χ4v) is 5.22. The molecule has 2 atom stereocenters. The van der Waals surface area contributed by atoms with Crippen LogP contribution in [0.5, 0.6) is 0 Å². The lowest BCUT2D eigenvalue weighted by Crippen LogP contribution is -2.56. The fourth-order valence-electron chi connectivity index (χ4n) is 4.40. The molecule has 1 saturated carbocycles. The van der Waals surface area contributed by atoms with E-state index in [-0.39, 0.29) is 5.11 Å². The van der Waals surface area contributed by atoms with E-state index >= 15 is 0 Å². The number of anilines is 1. The number of carbonyl (C=O) groups is 1. The van der Waals surface area contributed by atoms with Crippen molar-refractivity contribution in [2.75, 3.05) is 4.90 Å². The van der Waals surface area contributed by atoms with Gasteiger partial charge in [-0.05, 0) is 72.3 Å². The topological polar surface area (TPSA) is 59.7 Å². The fraction of sp³-hybridized carbons (Fsp3) is 0.400. The van der Waals surface area contributed by atoms with E-state index in [1.54, 1.807) is 17.0 Å². The molecule has 3 aliphatic rings. The smallest absolute Gasteiger partial charge is 0.303 e. The van der Waals surface area contributed by atoms with Crippen molar-refractivity contribution < 1.29 is 22.4 Å². The van der Waals surface area contributed by atoms with Gasteiger partial charge in [0.1, 0.15) is 23.1 Å². The first-order valence-corrected chi connectivity index (χ1v) is 10.9. The average molecular weight is 562 g/mol. The highest BCUT2D eigenvalue weighted by molar-refractivity contribution is 14.1. The summed E-state index contributed by atoms with van der Waals surface area (Å²) >= 11 is 7.40. The van der Waals surface area contributed by atoms with Gasteiger partial charge in [-0.1, -0.05) is 6.92 Å². The van der Waals surface area contributed by atoms with Crippen LogP contribution >= 0.6 is 34.8 Å². The molecular formula is C20H15F4IN4OS. The molecule has 0 N–H and O–H groups in total. The van der Waals surface area contributed by atoms with Crippen LogP contribution in [0.2, 0.25) is 0 Å². The minimum Gasteiger partial charge on any atom is -0.303 e. The Kier molecular flexibility index (Phi) is 5.36. The van der Waals surface area contributed by atoms with Gasteiger partial charge in [-0.15, -0.1) is 0 Å². The van der Waals surface area contributed by atoms with Gasteiger partial charge in [0, 0.05) is 21.4 Å². The molecule has 2 unspecified atom stereocenters. The third-order valence-corrected chi connectivity index (χ3v) is 7.33. The largest absolute Gasteiger partial charge is 0.415 e. The molecule has 1 saturated heterocycles. The number of amides is 1. The van der Waals surface area contributed by atoms with Gasteiger partial charge in [0.05, 0.1) is 11.6 Å². The van der Waals surface area contributed by atoms with Crippen LogP contribution in [0.25, 0.3) is 0 Å². The zero-order valence-electron chi connectivity index (χ0n) is 16.1. The maximum Gasteiger partial charge on any atom is 0.415 e. The number of halogens is 5. The Hall–Kier alpha value is -2.07. The minimum atomic E-state index is -4.78. The molecule has 2 aliphatic heterocycles. The van der Waals surface area contributed by atoms with Crippen molar-refractivity contribution in [3.8, 4) is 6.07 Å². The Bertz CT molecular complexity index is 1090. The number of alkyl halides is 3. The lowest BCUT2D eigenvalue weighted by atomic mass is 9.75. The second kappa shape index (κ2) is 7.51. The van der Waals surface area contributed by atoms with E-state index in [9.17, 15) is 22.4 Å². The summed E-state index contributed by atoms with van der Waals surface area (Å²) in [5, 5.41) is 9.10. The summed E-state index contributed by atoms with van der Waals surface area (Å²) in [4.78, 5) is 19.9. The Morgan fingerprint density at radius 2 is 2.03 bits per heavy atom. The molecule has 0 bridgehead atoms. The van der Waals surface area contributed by atoms with Gasteiger partial charge in [-0.2, -0.15) is 18.4 Å². The molecule has 1 aliphatic carbocycles. The molecule has 0 aromatic heterocycles. The van der Waals surface area contributed by atoms with Crippen LogP contribution in [-0.2, 0) is 4.79 Å². The number of carbonyl (C=O) groups excluding carboxylic acids is 1. The van der Waals surface area contributed by atoms with Crippen LogP contribution in [0.4, 0.5) is 23.2 Å². The number of nitrogens with zero attached hydrogens (tertiary/aromatic N) is 4. The lowest BCUT2D eigenvalue weighted by Gasteiger charge is -2.43. The number of benzene rings is 1. The number of allylic oxidation sites excluding steroid dienone is 1. The summed E-state index contributed by atoms with van der Waals surface area (Å²) in [5.41, 5.74) is -2.46. The molecule has 2 heterocycles. The molecular weight excluding hydrogens is 547 g/mol. The molecule has 1 aromatic rings. The summed E-state index contributed by atoms with van der Waals surface area (Å²) in [6.07, 6.45) is -1.95. The van der Waals surface area contributed by atoms with Crippen molar-refractivity contribution in [2.45, 2.75) is 43.9 Å². The molecule has 0 radical (unpaired) electrons. The normalized spacial score (nSPS) is 25.3. The number of thiocarbonyl (C=S) groups is 1. The number of nitriles is 1. The minimum absolute atomic E-state index is 0.00976. The van der Waals surface area contributed by atoms with Crippen molar-refractivity contribution in [1.29, 1.82) is 5.26 Å². The van der Waals surface area contributed by atoms with E-state index in [1.165, 1.54) is 25.3 Å². The Morgan fingerprint density at radius 3 is 2.55 bits per heavy atom. The van der Waals surface area contributed by atoms with Crippen LogP contribution in [0.3, 0.4) is 0 Å². The van der Waals surface area contributed by atoms with Crippen molar-refractivity contribution in [1.82, 2.24) is 4.90 Å². The first kappa shape index (κ1) is 22.1. The van der Waals surface area contributed by atoms with E-state index in [0.29, 0.717) is 22.1 Å². The molecule has 31 heavy (non-hydrogen) atoms. The second-order valence-electron chi connectivity index (χ2n) is 7.71. The van der Waals surface area contributed by atoms with E-state index in [1.807, 2.05) is 22.6 Å². The van der Waals surface area contributed by atoms with Gasteiger partial charge in [-0.25, -0.2) is 9.38 Å². The highest BCUT2D eigenvalue weighted by Gasteiger charge is 2.61. The molecule has 162 valence electrons. The third-order valence-electron chi connectivity index (χ3n) is 6.07. The summed E-state index contributed by atoms with van der Waals surface area (Å²) in [6, 6.07) is 4.85. The predicted octanol–water partition coefficient (Wildman–Crippen LogP) is 4.72. The summed E-state index contributed by atoms with van der Waals surface area (Å²) in [6.45, 7) is 1.30. The lowest BCUT2D eigenvalue weighted by molar-refractivity contribution is -0.135. The summed E-state index contributed by atoms with van der Waals surface area (Å²) in [7, 11) is 0. The van der Waals surface area contributed by atoms with E-state index < -0.39 is 46.7 Å². The number of rotatable bonds is 2. The van der Waals surface area contributed by atoms with Crippen LogP contribution in [0.15, 0.2) is 34.5 Å². The molecule has 1 aromatic carbocycles. The van der Waals surface area contributed by atoms with Gasteiger partial charge in [0.25, 0.3) is 5.91 Å².